The smallest absolute Gasteiger partial charge is 0.416 e. The van der Waals surface area contributed by atoms with Crippen LogP contribution in [-0.4, -0.2) is 23.8 Å². The maximum absolute atomic E-state index is 14.1. The molecule has 0 aliphatic heterocycles. The Hall–Kier alpha value is -2.62. The number of carboxylic acids is 1. The van der Waals surface area contributed by atoms with Gasteiger partial charge in [0.1, 0.15) is 10.8 Å². The fourth-order valence-corrected chi connectivity index (χ4v) is 3.12. The molecule has 1 heterocycles. The van der Waals surface area contributed by atoms with E-state index in [2.05, 4.69) is 0 Å². The van der Waals surface area contributed by atoms with E-state index in [-0.39, 0.29) is 17.2 Å². The number of ether oxygens (including phenoxy) is 1. The summed E-state index contributed by atoms with van der Waals surface area (Å²) in [5.74, 6) is -2.54. The Morgan fingerprint density at radius 3 is 2.54 bits per heavy atom. The molecule has 1 aromatic heterocycles. The van der Waals surface area contributed by atoms with Gasteiger partial charge in [-0.05, 0) is 30.5 Å². The lowest BCUT2D eigenvalue weighted by atomic mass is 10.1. The molecule has 0 unspecified atom stereocenters. The van der Waals surface area contributed by atoms with Gasteiger partial charge < -0.3 is 9.84 Å². The lowest BCUT2D eigenvalue weighted by molar-refractivity contribution is -0.138. The Morgan fingerprint density at radius 2 is 1.96 bits per heavy atom. The van der Waals surface area contributed by atoms with Gasteiger partial charge in [-0.2, -0.15) is 13.2 Å². The highest BCUT2D eigenvalue weighted by Crippen LogP contribution is 2.36. The quantitative estimate of drug-likeness (QED) is 0.746. The molecule has 1 amide bonds. The summed E-state index contributed by atoms with van der Waals surface area (Å²) in [7, 11) is 0. The fraction of sp³-hybridized carbons (Fsp3) is 0.250. The average molecular weight is 391 g/mol. The van der Waals surface area contributed by atoms with Crippen molar-refractivity contribution in [3.8, 4) is 0 Å². The van der Waals surface area contributed by atoms with Gasteiger partial charge in [0.05, 0.1) is 24.3 Å². The van der Waals surface area contributed by atoms with Crippen LogP contribution in [-0.2, 0) is 17.5 Å². The molecule has 0 saturated carbocycles. The van der Waals surface area contributed by atoms with Gasteiger partial charge >= 0.3 is 18.2 Å². The zero-order valence-electron chi connectivity index (χ0n) is 13.3. The van der Waals surface area contributed by atoms with Gasteiger partial charge in [-0.15, -0.1) is 11.3 Å². The maximum atomic E-state index is 14.1. The summed E-state index contributed by atoms with van der Waals surface area (Å²) in [6.07, 6.45) is -5.92. The van der Waals surface area contributed by atoms with Crippen molar-refractivity contribution in [1.82, 2.24) is 0 Å². The summed E-state index contributed by atoms with van der Waals surface area (Å²) in [4.78, 5) is 24.2. The number of rotatable bonds is 5. The number of anilines is 1. The minimum atomic E-state index is -4.84. The molecular formula is C16H13F4NO4S. The van der Waals surface area contributed by atoms with E-state index in [1.165, 1.54) is 18.4 Å². The number of carbonyl (C=O) groups excluding carboxylic acids is 1. The maximum Gasteiger partial charge on any atom is 0.416 e. The Labute approximate surface area is 149 Å². The number of carboxylic acid groups (broad SMARTS) is 1. The molecule has 26 heavy (non-hydrogen) atoms. The Morgan fingerprint density at radius 1 is 1.27 bits per heavy atom. The summed E-state index contributed by atoms with van der Waals surface area (Å²) in [5.41, 5.74) is -2.33. The zero-order valence-corrected chi connectivity index (χ0v) is 14.2. The Balaban J connectivity index is 2.55. The molecule has 2 aromatic rings. The second-order valence-corrected chi connectivity index (χ2v) is 5.89. The van der Waals surface area contributed by atoms with Gasteiger partial charge in [0, 0.05) is 5.56 Å². The zero-order chi connectivity index (χ0) is 19.5. The number of amides is 1. The molecule has 1 aromatic carbocycles. The largest absolute Gasteiger partial charge is 0.478 e. The van der Waals surface area contributed by atoms with E-state index in [9.17, 15) is 32.3 Å². The minimum Gasteiger partial charge on any atom is -0.478 e. The van der Waals surface area contributed by atoms with Crippen LogP contribution < -0.4 is 4.90 Å². The molecule has 10 heteroatoms. The van der Waals surface area contributed by atoms with Crippen LogP contribution in [0.25, 0.3) is 0 Å². The topological polar surface area (TPSA) is 66.8 Å². The van der Waals surface area contributed by atoms with Gasteiger partial charge in [0.15, 0.2) is 0 Å². The first kappa shape index (κ1) is 19.7. The van der Waals surface area contributed by atoms with Crippen LogP contribution in [0.5, 0.6) is 0 Å². The van der Waals surface area contributed by atoms with Crippen LogP contribution in [0.15, 0.2) is 29.6 Å². The summed E-state index contributed by atoms with van der Waals surface area (Å²) >= 11 is 0.819. The number of aromatic carboxylic acids is 1. The number of hydrogen-bond acceptors (Lipinski definition) is 4. The van der Waals surface area contributed by atoms with E-state index in [0.717, 1.165) is 23.5 Å². The van der Waals surface area contributed by atoms with E-state index in [0.29, 0.717) is 11.0 Å². The summed E-state index contributed by atoms with van der Waals surface area (Å²) in [5, 5.41) is 10.4. The molecule has 0 radical (unpaired) electrons. The van der Waals surface area contributed by atoms with E-state index >= 15 is 0 Å². The van der Waals surface area contributed by atoms with Crippen LogP contribution in [0, 0.1) is 5.82 Å². The van der Waals surface area contributed by atoms with Crippen molar-refractivity contribution in [3.05, 3.63) is 52.2 Å². The molecule has 0 bridgehead atoms. The van der Waals surface area contributed by atoms with Gasteiger partial charge in [-0.3, -0.25) is 4.90 Å². The Kier molecular flexibility index (Phi) is 5.86. The number of nitrogens with zero attached hydrogens (tertiary/aromatic N) is 1. The second kappa shape index (κ2) is 7.73. The van der Waals surface area contributed by atoms with E-state index in [1.54, 1.807) is 0 Å². The standard InChI is InChI=1S/C16H13F4NO4S/c1-2-25-15(24)21(13-9(14(22)23)6-7-26-13)8-10-11(16(18,19)20)4-3-5-12(10)17/h3-7H,2,8H2,1H3,(H,22,23). The van der Waals surface area contributed by atoms with Crippen molar-refractivity contribution in [3.63, 3.8) is 0 Å². The first-order valence-corrected chi connectivity index (χ1v) is 8.14. The fourth-order valence-electron chi connectivity index (χ4n) is 2.24. The van der Waals surface area contributed by atoms with Crippen LogP contribution >= 0.6 is 11.3 Å². The third-order valence-corrected chi connectivity index (χ3v) is 4.28. The molecule has 2 rings (SSSR count). The number of benzene rings is 1. The molecule has 1 N–H and O–H groups in total. The highest BCUT2D eigenvalue weighted by atomic mass is 32.1. The van der Waals surface area contributed by atoms with Gasteiger partial charge in [0.2, 0.25) is 0 Å². The first-order chi connectivity index (χ1) is 12.2. The normalized spacial score (nSPS) is 11.3. The van der Waals surface area contributed by atoms with Crippen molar-refractivity contribution < 1.29 is 37.0 Å². The van der Waals surface area contributed by atoms with E-state index in [1.807, 2.05) is 0 Å². The highest BCUT2D eigenvalue weighted by Gasteiger charge is 2.36. The van der Waals surface area contributed by atoms with Crippen molar-refractivity contribution in [2.45, 2.75) is 19.6 Å². The number of halogens is 4. The van der Waals surface area contributed by atoms with Crippen molar-refractivity contribution >= 4 is 28.4 Å². The van der Waals surface area contributed by atoms with Gasteiger partial charge in [0.25, 0.3) is 0 Å². The van der Waals surface area contributed by atoms with Crippen LogP contribution in [0.3, 0.4) is 0 Å². The number of alkyl halides is 3. The minimum absolute atomic E-state index is 0.0908. The molecule has 0 saturated heterocycles. The molecule has 0 aliphatic rings. The van der Waals surface area contributed by atoms with Crippen LogP contribution in [0.1, 0.15) is 28.4 Å². The Bertz CT molecular complexity index is 819. The lowest BCUT2D eigenvalue weighted by Gasteiger charge is -2.23. The lowest BCUT2D eigenvalue weighted by Crippen LogP contribution is -2.33. The monoisotopic (exact) mass is 391 g/mol. The molecule has 5 nitrogen and oxygen atoms in total. The van der Waals surface area contributed by atoms with Crippen molar-refractivity contribution in [2.24, 2.45) is 0 Å². The second-order valence-electron chi connectivity index (χ2n) is 4.99. The predicted molar refractivity (Wildman–Crippen MR) is 85.9 cm³/mol. The van der Waals surface area contributed by atoms with Gasteiger partial charge in [-0.1, -0.05) is 6.07 Å². The van der Waals surface area contributed by atoms with Crippen molar-refractivity contribution in [1.29, 1.82) is 0 Å². The number of hydrogen-bond donors (Lipinski definition) is 1. The number of carbonyl (C=O) groups is 2. The average Bonchev–Trinajstić information content (AvgIpc) is 3.02. The third-order valence-electron chi connectivity index (χ3n) is 3.35. The molecule has 0 fully saturated rings. The van der Waals surface area contributed by atoms with E-state index in [4.69, 9.17) is 4.74 Å². The van der Waals surface area contributed by atoms with Gasteiger partial charge in [-0.25, -0.2) is 14.0 Å². The molecular weight excluding hydrogens is 378 g/mol. The van der Waals surface area contributed by atoms with Crippen LogP contribution in [0.2, 0.25) is 0 Å². The molecule has 0 spiro atoms. The van der Waals surface area contributed by atoms with Crippen LogP contribution in [0.4, 0.5) is 27.4 Å². The summed E-state index contributed by atoms with van der Waals surface area (Å²) < 4.78 is 58.5. The first-order valence-electron chi connectivity index (χ1n) is 7.26. The highest BCUT2D eigenvalue weighted by molar-refractivity contribution is 7.14. The molecule has 140 valence electrons. The molecule has 0 atom stereocenters. The third kappa shape index (κ3) is 4.13. The van der Waals surface area contributed by atoms with E-state index < -0.39 is 41.7 Å². The van der Waals surface area contributed by atoms with Crippen molar-refractivity contribution in [2.75, 3.05) is 11.5 Å². The SMILES string of the molecule is CCOC(=O)N(Cc1c(F)cccc1C(F)(F)F)c1sccc1C(=O)O. The predicted octanol–water partition coefficient (Wildman–Crippen LogP) is 4.77. The number of thiophene rings is 1. The summed E-state index contributed by atoms with van der Waals surface area (Å²) in [6, 6.07) is 3.62. The molecule has 0 aliphatic carbocycles. The summed E-state index contributed by atoms with van der Waals surface area (Å²) in [6.45, 7) is 0.556.